The monoisotopic (exact) mass is 535 g/mol. The van der Waals surface area contributed by atoms with E-state index in [-0.39, 0.29) is 24.0 Å². The maximum absolute atomic E-state index is 13.7. The number of amides is 3. The molecule has 1 N–H and O–H groups in total. The third-order valence-corrected chi connectivity index (χ3v) is 7.32. The molecule has 2 aliphatic rings. The number of likely N-dealkylation sites (tertiary alicyclic amines) is 1. The van der Waals surface area contributed by atoms with Crippen LogP contribution < -0.4 is 5.32 Å². The van der Waals surface area contributed by atoms with Crippen LogP contribution in [0.4, 0.5) is 4.39 Å². The van der Waals surface area contributed by atoms with E-state index < -0.39 is 23.5 Å². The van der Waals surface area contributed by atoms with Crippen molar-refractivity contribution in [2.24, 2.45) is 0 Å². The lowest BCUT2D eigenvalue weighted by atomic mass is 9.96. The van der Waals surface area contributed by atoms with E-state index in [1.807, 2.05) is 30.3 Å². The van der Waals surface area contributed by atoms with E-state index >= 15 is 0 Å². The number of ether oxygens (including phenoxy) is 1. The first kappa shape index (κ1) is 25.9. The smallest absolute Gasteiger partial charge is 0.256 e. The molecule has 0 aromatic heterocycles. The predicted molar refractivity (Wildman–Crippen MR) is 140 cm³/mol. The Labute approximate surface area is 225 Å². The molecule has 5 rings (SSSR count). The molecule has 2 fully saturated rings. The lowest BCUT2D eigenvalue weighted by molar-refractivity contribution is -0.128. The molecule has 3 amide bonds. The molecule has 3 aromatic rings. The Morgan fingerprint density at radius 3 is 2.32 bits per heavy atom. The Balaban J connectivity index is 1.36. The number of nitrogens with one attached hydrogen (secondary N) is 1. The highest BCUT2D eigenvalue weighted by Gasteiger charge is 2.54. The van der Waals surface area contributed by atoms with Crippen molar-refractivity contribution < 1.29 is 23.5 Å². The third kappa shape index (κ3) is 5.28. The second-order valence-corrected chi connectivity index (χ2v) is 9.90. The van der Waals surface area contributed by atoms with Gasteiger partial charge in [-0.2, -0.15) is 0 Å². The predicted octanol–water partition coefficient (Wildman–Crippen LogP) is 4.27. The van der Waals surface area contributed by atoms with Gasteiger partial charge in [-0.3, -0.25) is 19.3 Å². The fraction of sp³-hybridized carbons (Fsp3) is 0.276. The highest BCUT2D eigenvalue weighted by Crippen LogP contribution is 2.39. The van der Waals surface area contributed by atoms with E-state index in [4.69, 9.17) is 16.3 Å². The van der Waals surface area contributed by atoms with Gasteiger partial charge in [-0.15, -0.1) is 0 Å². The minimum Gasteiger partial charge on any atom is -0.353 e. The number of carbonyl (C=O) groups excluding carboxylic acids is 3. The summed E-state index contributed by atoms with van der Waals surface area (Å²) >= 11 is 6.06. The highest BCUT2D eigenvalue weighted by molar-refractivity contribution is 6.30. The molecule has 7 nitrogen and oxygen atoms in total. The van der Waals surface area contributed by atoms with Gasteiger partial charge >= 0.3 is 0 Å². The standard InChI is InChI=1S/C29H27ClFN3O4/c30-23-8-4-7-22(17-23)27(36)33-15-13-29(14-16-33)34(28(37)21-9-11-24(31)12-10-21)25(19-38-29)26(35)32-18-20-5-2-1-3-6-20/h1-12,17,25H,13-16,18-19H2,(H,32,35)/t25-/m1/s1. The van der Waals surface area contributed by atoms with Crippen LogP contribution in [0.25, 0.3) is 0 Å². The summed E-state index contributed by atoms with van der Waals surface area (Å²) in [6.07, 6.45) is 0.656. The molecule has 2 saturated heterocycles. The third-order valence-electron chi connectivity index (χ3n) is 7.09. The maximum Gasteiger partial charge on any atom is 0.256 e. The van der Waals surface area contributed by atoms with E-state index in [2.05, 4.69) is 5.32 Å². The molecule has 1 atom stereocenters. The van der Waals surface area contributed by atoms with Crippen LogP contribution in [0, 0.1) is 5.82 Å². The molecule has 2 heterocycles. The van der Waals surface area contributed by atoms with Crippen molar-refractivity contribution in [3.05, 3.63) is 106 Å². The lowest BCUT2D eigenvalue weighted by Gasteiger charge is -2.44. The van der Waals surface area contributed by atoms with Crippen LogP contribution in [0.3, 0.4) is 0 Å². The summed E-state index contributed by atoms with van der Waals surface area (Å²) < 4.78 is 19.8. The van der Waals surface area contributed by atoms with E-state index in [1.165, 1.54) is 29.2 Å². The average molecular weight is 536 g/mol. The molecule has 2 aliphatic heterocycles. The van der Waals surface area contributed by atoms with Crippen molar-refractivity contribution in [3.63, 3.8) is 0 Å². The normalized spacial score (nSPS) is 18.4. The van der Waals surface area contributed by atoms with Gasteiger partial charge in [0, 0.05) is 48.6 Å². The number of hydrogen-bond donors (Lipinski definition) is 1. The highest BCUT2D eigenvalue weighted by atomic mass is 35.5. The van der Waals surface area contributed by atoms with Crippen LogP contribution in [0.1, 0.15) is 39.1 Å². The van der Waals surface area contributed by atoms with Crippen molar-refractivity contribution in [1.29, 1.82) is 0 Å². The minimum absolute atomic E-state index is 0.0236. The molecular formula is C29H27ClFN3O4. The molecular weight excluding hydrogens is 509 g/mol. The van der Waals surface area contributed by atoms with E-state index in [1.54, 1.807) is 29.2 Å². The lowest BCUT2D eigenvalue weighted by Crippen LogP contribution is -2.59. The molecule has 0 radical (unpaired) electrons. The Hall–Kier alpha value is -3.75. The molecule has 3 aromatic carbocycles. The fourth-order valence-electron chi connectivity index (χ4n) is 5.06. The zero-order chi connectivity index (χ0) is 26.7. The topological polar surface area (TPSA) is 79.0 Å². The van der Waals surface area contributed by atoms with Crippen molar-refractivity contribution in [2.45, 2.75) is 31.2 Å². The molecule has 38 heavy (non-hydrogen) atoms. The van der Waals surface area contributed by atoms with Crippen LogP contribution in [-0.4, -0.2) is 59.0 Å². The van der Waals surface area contributed by atoms with Gasteiger partial charge in [0.2, 0.25) is 5.91 Å². The zero-order valence-corrected chi connectivity index (χ0v) is 21.4. The average Bonchev–Trinajstić information content (AvgIpc) is 3.30. The second-order valence-electron chi connectivity index (χ2n) is 9.46. The summed E-state index contributed by atoms with van der Waals surface area (Å²) in [7, 11) is 0. The Kier molecular flexibility index (Phi) is 7.44. The van der Waals surface area contributed by atoms with Gasteiger partial charge in [0.15, 0.2) is 0 Å². The summed E-state index contributed by atoms with van der Waals surface area (Å²) in [4.78, 5) is 43.3. The van der Waals surface area contributed by atoms with Crippen LogP contribution in [-0.2, 0) is 16.1 Å². The summed E-state index contributed by atoms with van der Waals surface area (Å²) in [5, 5.41) is 3.39. The van der Waals surface area contributed by atoms with E-state index in [0.717, 1.165) is 5.56 Å². The molecule has 0 aliphatic carbocycles. The van der Waals surface area contributed by atoms with Crippen molar-refractivity contribution in [1.82, 2.24) is 15.1 Å². The largest absolute Gasteiger partial charge is 0.353 e. The van der Waals surface area contributed by atoms with E-state index in [0.29, 0.717) is 43.1 Å². The molecule has 196 valence electrons. The van der Waals surface area contributed by atoms with Crippen molar-refractivity contribution >= 4 is 29.3 Å². The number of benzene rings is 3. The SMILES string of the molecule is O=C(NCc1ccccc1)[C@H]1COC2(CCN(C(=O)c3cccc(Cl)c3)CC2)N1C(=O)c1ccc(F)cc1. The van der Waals surface area contributed by atoms with Gasteiger partial charge in [-0.25, -0.2) is 4.39 Å². The number of piperidine rings is 1. The summed E-state index contributed by atoms with van der Waals surface area (Å²) in [5.74, 6) is -1.37. The van der Waals surface area contributed by atoms with Gasteiger partial charge in [-0.1, -0.05) is 48.0 Å². The molecule has 1 spiro atoms. The quantitative estimate of drug-likeness (QED) is 0.529. The van der Waals surface area contributed by atoms with Crippen molar-refractivity contribution in [2.75, 3.05) is 19.7 Å². The maximum atomic E-state index is 13.7. The van der Waals surface area contributed by atoms with Gasteiger partial charge in [0.1, 0.15) is 17.6 Å². The molecule has 0 saturated carbocycles. The first-order valence-corrected chi connectivity index (χ1v) is 12.8. The zero-order valence-electron chi connectivity index (χ0n) is 20.6. The summed E-state index contributed by atoms with van der Waals surface area (Å²) in [6.45, 7) is 0.993. The minimum atomic E-state index is -1.06. The fourth-order valence-corrected chi connectivity index (χ4v) is 5.25. The van der Waals surface area contributed by atoms with Crippen LogP contribution in [0.15, 0.2) is 78.9 Å². The summed E-state index contributed by atoms with van der Waals surface area (Å²) in [5.41, 5.74) is 0.609. The first-order chi connectivity index (χ1) is 18.4. The number of nitrogens with zero attached hydrogens (tertiary/aromatic N) is 2. The van der Waals surface area contributed by atoms with Crippen LogP contribution >= 0.6 is 11.6 Å². The number of halogens is 2. The molecule has 0 unspecified atom stereocenters. The van der Waals surface area contributed by atoms with Crippen molar-refractivity contribution in [3.8, 4) is 0 Å². The Morgan fingerprint density at radius 1 is 0.921 bits per heavy atom. The van der Waals surface area contributed by atoms with Gasteiger partial charge in [0.25, 0.3) is 11.8 Å². The Bertz CT molecular complexity index is 1330. The first-order valence-electron chi connectivity index (χ1n) is 12.5. The number of rotatable bonds is 5. The Morgan fingerprint density at radius 2 is 1.63 bits per heavy atom. The van der Waals surface area contributed by atoms with Gasteiger partial charge in [0.05, 0.1) is 6.61 Å². The van der Waals surface area contributed by atoms with Crippen LogP contribution in [0.5, 0.6) is 0 Å². The van der Waals surface area contributed by atoms with Crippen LogP contribution in [0.2, 0.25) is 5.02 Å². The second kappa shape index (κ2) is 10.9. The number of carbonyl (C=O) groups is 3. The van der Waals surface area contributed by atoms with E-state index in [9.17, 15) is 18.8 Å². The molecule has 9 heteroatoms. The molecule has 0 bridgehead atoms. The summed E-state index contributed by atoms with van der Waals surface area (Å²) in [6, 6.07) is 20.6. The number of hydrogen-bond acceptors (Lipinski definition) is 4. The van der Waals surface area contributed by atoms with Gasteiger partial charge < -0.3 is 15.0 Å². The van der Waals surface area contributed by atoms with Gasteiger partial charge in [-0.05, 0) is 48.0 Å².